The molecule has 79 heavy (non-hydrogen) atoms. The number of esters is 1. The van der Waals surface area contributed by atoms with Gasteiger partial charge in [0.1, 0.15) is 41.9 Å². The predicted molar refractivity (Wildman–Crippen MR) is 293 cm³/mol. The number of carbonyl (C=O) groups is 6. The zero-order valence-electron chi connectivity index (χ0n) is 45.5. The van der Waals surface area contributed by atoms with Crippen LogP contribution in [0, 0.1) is 23.7 Å². The minimum Gasteiger partial charge on any atom is -0.481 e. The number of anilines is 1. The summed E-state index contributed by atoms with van der Waals surface area (Å²) < 4.78 is 17.5. The van der Waals surface area contributed by atoms with E-state index >= 15 is 0 Å². The molecule has 2 aliphatic heterocycles. The maximum Gasteiger partial charge on any atom is 0.313 e. The molecule has 0 aliphatic carbocycles. The molecule has 0 saturated carbocycles. The van der Waals surface area contributed by atoms with Gasteiger partial charge in [-0.05, 0) is 68.7 Å². The van der Waals surface area contributed by atoms with Gasteiger partial charge in [0.2, 0.25) is 0 Å². The molecule has 3 rings (SSSR count). The van der Waals surface area contributed by atoms with Gasteiger partial charge in [-0.3, -0.25) is 28.8 Å². The number of carboxylic acids is 1. The minimum atomic E-state index is -1.95. The summed E-state index contributed by atoms with van der Waals surface area (Å²) >= 11 is 0. The summed E-state index contributed by atoms with van der Waals surface area (Å²) in [5, 5.41) is 96.0. The molecule has 17 atom stereocenters. The summed E-state index contributed by atoms with van der Waals surface area (Å²) in [6, 6.07) is 5.24. The second-order valence-corrected chi connectivity index (χ2v) is 20.9. The third-order valence-corrected chi connectivity index (χ3v) is 13.8. The highest BCUT2D eigenvalue weighted by Gasteiger charge is 2.43. The van der Waals surface area contributed by atoms with Gasteiger partial charge in [0.25, 0.3) is 0 Å². The summed E-state index contributed by atoms with van der Waals surface area (Å²) in [6.07, 6.45) is 4.21. The molecule has 17 unspecified atom stereocenters. The molecule has 1 aromatic rings. The van der Waals surface area contributed by atoms with Gasteiger partial charge in [0.15, 0.2) is 12.1 Å². The van der Waals surface area contributed by atoms with E-state index in [2.05, 4.69) is 0 Å². The van der Waals surface area contributed by atoms with Crippen LogP contribution in [0.3, 0.4) is 0 Å². The van der Waals surface area contributed by atoms with Crippen LogP contribution in [0.1, 0.15) is 115 Å². The van der Waals surface area contributed by atoms with Crippen molar-refractivity contribution < 1.29 is 88.9 Å². The first kappa shape index (κ1) is 67.7. The smallest absolute Gasteiger partial charge is 0.313 e. The van der Waals surface area contributed by atoms with E-state index in [0.29, 0.717) is 17.7 Å². The molecular weight excluding hydrogens is 1020 g/mol. The largest absolute Gasteiger partial charge is 0.481 e. The van der Waals surface area contributed by atoms with Crippen molar-refractivity contribution in [3.05, 3.63) is 115 Å². The maximum absolute atomic E-state index is 13.3. The fraction of sp³-hybridized carbons (Fsp3) is 0.559. The number of ether oxygens (including phenoxy) is 3. The fourth-order valence-electron chi connectivity index (χ4n) is 9.37. The minimum absolute atomic E-state index is 0.0615. The fourth-order valence-corrected chi connectivity index (χ4v) is 9.37. The second-order valence-electron chi connectivity index (χ2n) is 20.9. The van der Waals surface area contributed by atoms with Gasteiger partial charge in [0.05, 0.1) is 61.0 Å². The first-order chi connectivity index (χ1) is 37.4. The number of carbonyl (C=O) groups excluding carboxylic acids is 5. The Morgan fingerprint density at radius 3 is 1.78 bits per heavy atom. The number of cyclic esters (lactones) is 1. The molecule has 13 N–H and O–H groups in total. The second kappa shape index (κ2) is 35.2. The van der Waals surface area contributed by atoms with Crippen LogP contribution < -0.4 is 11.5 Å². The highest BCUT2D eigenvalue weighted by atomic mass is 16.7. The number of aliphatic hydroxyl groups is 8. The molecule has 1 aromatic carbocycles. The normalized spacial score (nSPS) is 31.9. The molecule has 438 valence electrons. The molecule has 0 spiro atoms. The van der Waals surface area contributed by atoms with Crippen molar-refractivity contribution in [3.8, 4) is 0 Å². The quantitative estimate of drug-likeness (QED) is 0.0690. The van der Waals surface area contributed by atoms with Gasteiger partial charge in [-0.25, -0.2) is 0 Å². The number of rotatable bonds is 10. The standard InChI is InChI=1S/C59H84N2O18/c1-35-18-15-13-11-9-7-5-6-8-10-12-14-16-21-47(78-59-56(74)54(61)55(73)38(4)77-59)33-51(71)53(58(75)76)50(70)31-46(67)30-45(66)29-44(65)28-43(64)27-41(62)19-17-20-42(63)32-52(72)79-57(35)37(3)26-36(2)48(68)34-49(69)39-22-24-40(60)25-23-39/h5-16,18,21-25,35-38,43-45,47-48,50-51,53-57,59,64-66,68,70-71,73-74H,17,19-20,26-34,60-61H2,1-4H3,(H,75,76). The van der Waals surface area contributed by atoms with Crippen LogP contribution in [0.15, 0.2) is 109 Å². The van der Waals surface area contributed by atoms with E-state index in [9.17, 15) is 74.7 Å². The van der Waals surface area contributed by atoms with Crippen LogP contribution in [0.4, 0.5) is 5.69 Å². The highest BCUT2D eigenvalue weighted by molar-refractivity contribution is 5.97. The van der Waals surface area contributed by atoms with E-state index in [0.717, 1.165) is 0 Å². The lowest BCUT2D eigenvalue weighted by Gasteiger charge is -2.41. The van der Waals surface area contributed by atoms with Crippen LogP contribution in [0.2, 0.25) is 0 Å². The number of benzene rings is 1. The number of Topliss-reactive ketones (excluding diaryl/α,β-unsaturated/α-hetero) is 4. The van der Waals surface area contributed by atoms with Gasteiger partial charge in [0, 0.05) is 62.1 Å². The van der Waals surface area contributed by atoms with Crippen LogP contribution in [0.25, 0.3) is 0 Å². The monoisotopic (exact) mass is 1110 g/mol. The molecule has 1 fully saturated rings. The molecular formula is C59H84N2O18. The van der Waals surface area contributed by atoms with Crippen LogP contribution in [0.5, 0.6) is 0 Å². The number of hydrogen-bond acceptors (Lipinski definition) is 19. The Morgan fingerprint density at radius 1 is 0.684 bits per heavy atom. The maximum atomic E-state index is 13.3. The molecule has 0 bridgehead atoms. The Bertz CT molecular complexity index is 2310. The number of carboxylic acid groups (broad SMARTS) is 1. The van der Waals surface area contributed by atoms with Crippen molar-refractivity contribution in [2.75, 3.05) is 5.73 Å². The van der Waals surface area contributed by atoms with E-state index in [1.807, 2.05) is 19.9 Å². The SMILES string of the molecule is CC1C=CC=CC=CC=CC=CC=CC=CC(OC2OC(C)C(O)C(N)C2O)CC(O)C(C(=O)O)C(O)CC(=O)CC(O)CC(O)CC(O)CC(=O)CCCC(=O)CC(=O)OC1C(C)CC(C)C(O)CC(=O)c1ccc(N)cc1. The lowest BCUT2D eigenvalue weighted by atomic mass is 9.83. The van der Waals surface area contributed by atoms with Gasteiger partial charge < -0.3 is 71.6 Å². The van der Waals surface area contributed by atoms with Crippen molar-refractivity contribution in [2.45, 2.75) is 184 Å². The van der Waals surface area contributed by atoms with E-state index in [4.69, 9.17) is 25.7 Å². The Hall–Kier alpha value is -5.62. The lowest BCUT2D eigenvalue weighted by Crippen LogP contribution is -2.61. The predicted octanol–water partition coefficient (Wildman–Crippen LogP) is 3.61. The van der Waals surface area contributed by atoms with Crippen molar-refractivity contribution in [2.24, 2.45) is 29.4 Å². The Labute approximate surface area is 462 Å². The van der Waals surface area contributed by atoms with Crippen LogP contribution in [-0.4, -0.2) is 161 Å². The molecule has 20 nitrogen and oxygen atoms in total. The molecule has 0 radical (unpaired) electrons. The third kappa shape index (κ3) is 25.2. The summed E-state index contributed by atoms with van der Waals surface area (Å²) in [5.74, 6) is -7.43. The first-order valence-corrected chi connectivity index (χ1v) is 26.9. The Kier molecular flexibility index (Phi) is 30.1. The third-order valence-electron chi connectivity index (χ3n) is 13.8. The number of ketones is 4. The number of allylic oxidation sites excluding steroid dienone is 12. The number of aliphatic hydroxyl groups excluding tert-OH is 8. The summed E-state index contributed by atoms with van der Waals surface area (Å²) in [7, 11) is 0. The van der Waals surface area contributed by atoms with E-state index < -0.39 is 153 Å². The van der Waals surface area contributed by atoms with Crippen molar-refractivity contribution in [1.29, 1.82) is 0 Å². The van der Waals surface area contributed by atoms with Crippen molar-refractivity contribution in [3.63, 3.8) is 0 Å². The van der Waals surface area contributed by atoms with E-state index in [-0.39, 0.29) is 55.6 Å². The van der Waals surface area contributed by atoms with E-state index in [1.54, 1.807) is 98.0 Å². The molecule has 1 saturated heterocycles. The molecule has 20 heteroatoms. The highest BCUT2D eigenvalue weighted by Crippen LogP contribution is 2.29. The summed E-state index contributed by atoms with van der Waals surface area (Å²) in [4.78, 5) is 77.3. The zero-order valence-corrected chi connectivity index (χ0v) is 45.5. The average Bonchev–Trinajstić information content (AvgIpc) is 3.36. The molecule has 0 amide bonds. The van der Waals surface area contributed by atoms with Gasteiger partial charge >= 0.3 is 11.9 Å². The van der Waals surface area contributed by atoms with Gasteiger partial charge in [-0.15, -0.1) is 0 Å². The van der Waals surface area contributed by atoms with Gasteiger partial charge in [-0.2, -0.15) is 0 Å². The number of aliphatic carboxylic acids is 1. The topological polar surface area (TPSA) is 364 Å². The van der Waals surface area contributed by atoms with E-state index in [1.165, 1.54) is 19.1 Å². The van der Waals surface area contributed by atoms with Crippen LogP contribution >= 0.6 is 0 Å². The Morgan fingerprint density at radius 2 is 1.22 bits per heavy atom. The lowest BCUT2D eigenvalue weighted by molar-refractivity contribution is -0.277. The Balaban J connectivity index is 1.83. The summed E-state index contributed by atoms with van der Waals surface area (Å²) in [5.41, 5.74) is 12.7. The van der Waals surface area contributed by atoms with Crippen molar-refractivity contribution in [1.82, 2.24) is 0 Å². The number of hydrogen-bond donors (Lipinski definition) is 11. The van der Waals surface area contributed by atoms with Gasteiger partial charge in [-0.1, -0.05) is 106 Å². The zero-order chi connectivity index (χ0) is 58.8. The number of nitrogen functional groups attached to an aromatic ring is 1. The first-order valence-electron chi connectivity index (χ1n) is 26.9. The molecule has 2 heterocycles. The summed E-state index contributed by atoms with van der Waals surface area (Å²) in [6.45, 7) is 7.02. The number of nitrogens with two attached hydrogens (primary N) is 2. The average molecular weight is 1110 g/mol. The molecule has 2 aliphatic rings. The molecule has 0 aromatic heterocycles. The van der Waals surface area contributed by atoms with Crippen LogP contribution in [-0.2, 0) is 38.2 Å². The van der Waals surface area contributed by atoms with Crippen molar-refractivity contribution >= 4 is 40.8 Å².